The second-order valence-corrected chi connectivity index (χ2v) is 12.5. The molecule has 35 heavy (non-hydrogen) atoms. The topological polar surface area (TPSA) is 83.8 Å². The highest BCUT2D eigenvalue weighted by Gasteiger charge is 2.59. The number of carbonyl (C=O) groups is 2. The second kappa shape index (κ2) is 8.47. The molecule has 2 N–H and O–H groups in total. The number of hydrogen-bond donors (Lipinski definition) is 2. The lowest BCUT2D eigenvalue weighted by atomic mass is 9.49. The van der Waals surface area contributed by atoms with E-state index in [2.05, 4.69) is 53.3 Å². The number of carboxylic acid groups (broad SMARTS) is 1. The Morgan fingerprint density at radius 3 is 2.54 bits per heavy atom. The fourth-order valence-electron chi connectivity index (χ4n) is 8.17. The molecular weight excluding hydrogens is 440 g/mol. The van der Waals surface area contributed by atoms with Crippen LogP contribution in [0, 0.1) is 34.0 Å². The molecule has 0 aromatic heterocycles. The number of cyclic esters (lactones) is 1. The molecular formula is C30H42O5. The maximum Gasteiger partial charge on any atom is 0.336 e. The van der Waals surface area contributed by atoms with Crippen LogP contribution in [-0.4, -0.2) is 27.9 Å². The van der Waals surface area contributed by atoms with E-state index in [9.17, 15) is 19.8 Å². The Kier molecular flexibility index (Phi) is 6.28. The van der Waals surface area contributed by atoms with Crippen molar-refractivity contribution in [2.24, 2.45) is 34.0 Å². The minimum Gasteiger partial charge on any atom is -0.481 e. The largest absolute Gasteiger partial charge is 0.481 e. The monoisotopic (exact) mass is 482 g/mol. The van der Waals surface area contributed by atoms with Crippen LogP contribution < -0.4 is 0 Å². The summed E-state index contributed by atoms with van der Waals surface area (Å²) in [6.45, 7) is 17.2. The van der Waals surface area contributed by atoms with Crippen molar-refractivity contribution in [3.05, 3.63) is 47.1 Å². The lowest BCUT2D eigenvalue weighted by molar-refractivity contribution is -0.187. The molecule has 1 aliphatic heterocycles. The van der Waals surface area contributed by atoms with E-state index >= 15 is 0 Å². The molecule has 0 aromatic rings. The molecule has 5 heteroatoms. The van der Waals surface area contributed by atoms with Crippen molar-refractivity contribution in [2.45, 2.75) is 92.3 Å². The molecule has 5 nitrogen and oxygen atoms in total. The lowest BCUT2D eigenvalue weighted by Gasteiger charge is -2.55. The van der Waals surface area contributed by atoms with E-state index in [1.807, 2.05) is 0 Å². The molecule has 1 heterocycles. The van der Waals surface area contributed by atoms with E-state index in [1.54, 1.807) is 13.0 Å². The average Bonchev–Trinajstić information content (AvgIpc) is 3.18. The quantitative estimate of drug-likeness (QED) is 0.326. The van der Waals surface area contributed by atoms with Gasteiger partial charge in [0.25, 0.3) is 0 Å². The highest BCUT2D eigenvalue weighted by Crippen LogP contribution is 2.68. The van der Waals surface area contributed by atoms with Gasteiger partial charge in [0.05, 0.1) is 0 Å². The summed E-state index contributed by atoms with van der Waals surface area (Å²) in [5.41, 5.74) is 4.23. The van der Waals surface area contributed by atoms with E-state index < -0.39 is 17.7 Å². The number of esters is 1. The number of rotatable bonds is 7. The van der Waals surface area contributed by atoms with Gasteiger partial charge in [0.15, 0.2) is 0 Å². The highest BCUT2D eigenvalue weighted by molar-refractivity contribution is 5.90. The van der Waals surface area contributed by atoms with Crippen molar-refractivity contribution in [1.82, 2.24) is 0 Å². The van der Waals surface area contributed by atoms with Gasteiger partial charge >= 0.3 is 11.9 Å². The van der Waals surface area contributed by atoms with Gasteiger partial charge < -0.3 is 14.9 Å². The van der Waals surface area contributed by atoms with Crippen molar-refractivity contribution >= 4 is 11.9 Å². The Labute approximate surface area is 210 Å². The van der Waals surface area contributed by atoms with Crippen molar-refractivity contribution in [2.75, 3.05) is 0 Å². The summed E-state index contributed by atoms with van der Waals surface area (Å²) in [7, 11) is 0. The third kappa shape index (κ3) is 3.94. The molecule has 0 aromatic carbocycles. The zero-order valence-electron chi connectivity index (χ0n) is 22.2. The number of carbonyl (C=O) groups excluding carboxylic acids is 1. The predicted molar refractivity (Wildman–Crippen MR) is 136 cm³/mol. The summed E-state index contributed by atoms with van der Waals surface area (Å²) < 4.78 is 5.34. The molecule has 0 saturated heterocycles. The second-order valence-electron chi connectivity index (χ2n) is 12.5. The first-order valence-corrected chi connectivity index (χ1v) is 13.1. The van der Waals surface area contributed by atoms with Crippen LogP contribution in [0.15, 0.2) is 47.1 Å². The van der Waals surface area contributed by atoms with E-state index in [1.165, 1.54) is 11.1 Å². The summed E-state index contributed by atoms with van der Waals surface area (Å²) in [6, 6.07) is 0. The van der Waals surface area contributed by atoms with Crippen LogP contribution in [0.3, 0.4) is 0 Å². The molecule has 0 radical (unpaired) electrons. The summed E-state index contributed by atoms with van der Waals surface area (Å²) in [4.78, 5) is 23.5. The average molecular weight is 483 g/mol. The molecule has 3 aliphatic carbocycles. The summed E-state index contributed by atoms with van der Waals surface area (Å²) in [5.74, 6) is -2.08. The third-order valence-corrected chi connectivity index (χ3v) is 10.6. The fourth-order valence-corrected chi connectivity index (χ4v) is 8.17. The van der Waals surface area contributed by atoms with Crippen LogP contribution in [-0.2, 0) is 14.3 Å². The lowest BCUT2D eigenvalue weighted by Crippen LogP contribution is -2.47. The predicted octanol–water partition coefficient (Wildman–Crippen LogP) is 6.35. The van der Waals surface area contributed by atoms with Crippen LogP contribution in [0.2, 0.25) is 0 Å². The Bertz CT molecular complexity index is 1050. The fraction of sp³-hybridized carbons (Fsp3) is 0.667. The first-order chi connectivity index (χ1) is 16.2. The van der Waals surface area contributed by atoms with Crippen molar-refractivity contribution < 1.29 is 24.5 Å². The number of ether oxygens (including phenoxy) is 1. The van der Waals surface area contributed by atoms with Gasteiger partial charge in [-0.05, 0) is 85.7 Å². The van der Waals surface area contributed by atoms with Gasteiger partial charge in [-0.25, -0.2) is 4.79 Å². The Hall–Kier alpha value is -2.14. The van der Waals surface area contributed by atoms with Crippen LogP contribution in [0.1, 0.15) is 86.5 Å². The number of hydrogen-bond acceptors (Lipinski definition) is 4. The molecule has 7 atom stereocenters. The van der Waals surface area contributed by atoms with Gasteiger partial charge in [0, 0.05) is 24.3 Å². The number of aliphatic hydroxyl groups is 1. The van der Waals surface area contributed by atoms with Crippen LogP contribution >= 0.6 is 0 Å². The van der Waals surface area contributed by atoms with Gasteiger partial charge in [-0.1, -0.05) is 57.6 Å². The summed E-state index contributed by atoms with van der Waals surface area (Å²) >= 11 is 0. The summed E-state index contributed by atoms with van der Waals surface area (Å²) in [5, 5.41) is 20.5. The molecule has 192 valence electrons. The zero-order chi connectivity index (χ0) is 26.0. The highest BCUT2D eigenvalue weighted by atomic mass is 16.7. The number of carboxylic acids is 1. The SMILES string of the molecule is C=C(C)[C@@H]1C=CC2=C3CC[C@@](C)([C@H](C)C[C@]4(O)C=C(C)C(=O)O4)[C@]3(C)CC[C@H]2[C@@]1(C)CCC(=O)O. The van der Waals surface area contributed by atoms with Crippen LogP contribution in [0.5, 0.6) is 0 Å². The maximum absolute atomic E-state index is 11.9. The van der Waals surface area contributed by atoms with Gasteiger partial charge in [-0.15, -0.1) is 0 Å². The van der Waals surface area contributed by atoms with Crippen molar-refractivity contribution in [1.29, 1.82) is 0 Å². The molecule has 4 aliphatic rings. The van der Waals surface area contributed by atoms with Crippen molar-refractivity contribution in [3.63, 3.8) is 0 Å². The van der Waals surface area contributed by atoms with Crippen LogP contribution in [0.25, 0.3) is 0 Å². The first kappa shape index (κ1) is 25.9. The first-order valence-electron chi connectivity index (χ1n) is 13.1. The molecule has 0 unspecified atom stereocenters. The van der Waals surface area contributed by atoms with Gasteiger partial charge in [-0.2, -0.15) is 0 Å². The minimum absolute atomic E-state index is 0.0237. The minimum atomic E-state index is -1.53. The third-order valence-electron chi connectivity index (χ3n) is 10.6. The van der Waals surface area contributed by atoms with E-state index in [0.717, 1.165) is 31.3 Å². The summed E-state index contributed by atoms with van der Waals surface area (Å²) in [6.07, 6.45) is 11.4. The molecule has 1 saturated carbocycles. The van der Waals surface area contributed by atoms with Crippen molar-refractivity contribution in [3.8, 4) is 0 Å². The molecule has 1 fully saturated rings. The Balaban J connectivity index is 1.69. The van der Waals surface area contributed by atoms with E-state index in [-0.39, 0.29) is 34.5 Å². The van der Waals surface area contributed by atoms with Gasteiger partial charge in [-0.3, -0.25) is 4.79 Å². The zero-order valence-corrected chi connectivity index (χ0v) is 22.2. The van der Waals surface area contributed by atoms with E-state index in [4.69, 9.17) is 4.74 Å². The van der Waals surface area contributed by atoms with Gasteiger partial charge in [0.2, 0.25) is 5.79 Å². The molecule has 0 spiro atoms. The molecule has 0 amide bonds. The number of aliphatic carboxylic acids is 1. The Morgan fingerprint density at radius 1 is 1.29 bits per heavy atom. The number of fused-ring (bicyclic) bond motifs is 2. The smallest absolute Gasteiger partial charge is 0.336 e. The van der Waals surface area contributed by atoms with Crippen LogP contribution in [0.4, 0.5) is 0 Å². The maximum atomic E-state index is 11.9. The molecule has 4 rings (SSSR count). The normalized spacial score (nSPS) is 41.2. The number of allylic oxidation sites excluding steroid dienone is 5. The molecule has 0 bridgehead atoms. The Morgan fingerprint density at radius 2 is 1.97 bits per heavy atom. The van der Waals surface area contributed by atoms with Gasteiger partial charge in [0.1, 0.15) is 0 Å². The van der Waals surface area contributed by atoms with E-state index in [0.29, 0.717) is 24.3 Å². The standard InChI is InChI=1S/C30H42O5/c1-18(2)22-9-8-21-23(27(22,5)13-12-25(31)32)10-15-29(7)24(21)11-14-28(29,6)20(4)17-30(34)16-19(3)26(33)35-30/h8-9,16,20,22-23,34H,1,10-15,17H2,2-7H3,(H,31,32)/t20-,22+,23-,27+,28+,29-,30+/m1/s1.